The van der Waals surface area contributed by atoms with Gasteiger partial charge in [0.25, 0.3) is 11.8 Å². The molecule has 0 spiro atoms. The van der Waals surface area contributed by atoms with Gasteiger partial charge in [0.2, 0.25) is 11.8 Å². The van der Waals surface area contributed by atoms with Gasteiger partial charge in [0.15, 0.2) is 0 Å². The molecule has 0 aliphatic carbocycles. The van der Waals surface area contributed by atoms with E-state index in [0.29, 0.717) is 28.1 Å². The molecule has 1 fully saturated rings. The summed E-state index contributed by atoms with van der Waals surface area (Å²) in [5, 5.41) is 6.00. The molecule has 2 heterocycles. The molecule has 8 heteroatoms. The summed E-state index contributed by atoms with van der Waals surface area (Å²) >= 11 is 5.99. The molecule has 2 N–H and O–H groups in total. The number of amides is 4. The lowest BCUT2D eigenvalue weighted by molar-refractivity contribution is -0.136. The van der Waals surface area contributed by atoms with Crippen LogP contribution in [0, 0.1) is 5.92 Å². The molecule has 2 aromatic rings. The molecule has 0 aromatic heterocycles. The third-order valence-electron chi connectivity index (χ3n) is 5.97. The molecule has 32 heavy (non-hydrogen) atoms. The Balaban J connectivity index is 1.52. The van der Waals surface area contributed by atoms with Crippen LogP contribution in [0.25, 0.3) is 0 Å². The first-order valence-corrected chi connectivity index (χ1v) is 11.0. The fourth-order valence-electron chi connectivity index (χ4n) is 4.25. The topological polar surface area (TPSA) is 95.6 Å². The number of nitrogens with zero attached hydrogens (tertiary/aromatic N) is 1. The maximum absolute atomic E-state index is 13.0. The number of carbonyl (C=O) groups is 4. The van der Waals surface area contributed by atoms with Crippen molar-refractivity contribution in [3.63, 3.8) is 0 Å². The third-order valence-corrected chi connectivity index (χ3v) is 6.22. The Kier molecular flexibility index (Phi) is 6.02. The Bertz CT molecular complexity index is 1100. The van der Waals surface area contributed by atoms with E-state index in [-0.39, 0.29) is 42.6 Å². The maximum Gasteiger partial charge on any atom is 0.255 e. The van der Waals surface area contributed by atoms with E-state index < -0.39 is 11.9 Å². The molecule has 1 saturated heterocycles. The highest BCUT2D eigenvalue weighted by molar-refractivity contribution is 6.30. The number of carbonyl (C=O) groups excluding carboxylic acids is 4. The van der Waals surface area contributed by atoms with E-state index >= 15 is 0 Å². The van der Waals surface area contributed by atoms with Crippen molar-refractivity contribution in [2.24, 2.45) is 5.92 Å². The van der Waals surface area contributed by atoms with Crippen molar-refractivity contribution < 1.29 is 19.2 Å². The molecule has 2 aromatic carbocycles. The van der Waals surface area contributed by atoms with Gasteiger partial charge in [-0.2, -0.15) is 0 Å². The second-order valence-corrected chi connectivity index (χ2v) is 8.96. The molecular formula is C24H24ClN3O4. The highest BCUT2D eigenvalue weighted by Gasteiger charge is 2.39. The van der Waals surface area contributed by atoms with E-state index in [4.69, 9.17) is 11.6 Å². The monoisotopic (exact) mass is 453 g/mol. The number of imide groups is 1. The van der Waals surface area contributed by atoms with E-state index in [2.05, 4.69) is 10.6 Å². The molecule has 166 valence electrons. The summed E-state index contributed by atoms with van der Waals surface area (Å²) in [6.45, 7) is 4.28. The Morgan fingerprint density at radius 1 is 1.12 bits per heavy atom. The molecular weight excluding hydrogens is 430 g/mol. The van der Waals surface area contributed by atoms with Crippen LogP contribution in [0.5, 0.6) is 0 Å². The minimum Gasteiger partial charge on any atom is -0.345 e. The highest BCUT2D eigenvalue weighted by Crippen LogP contribution is 2.29. The van der Waals surface area contributed by atoms with Crippen molar-refractivity contribution in [2.75, 3.05) is 0 Å². The number of fused-ring (bicyclic) bond motifs is 1. The van der Waals surface area contributed by atoms with Crippen molar-refractivity contribution in [1.82, 2.24) is 15.5 Å². The molecule has 4 rings (SSSR count). The van der Waals surface area contributed by atoms with Gasteiger partial charge in [-0.3, -0.25) is 24.5 Å². The average Bonchev–Trinajstić information content (AvgIpc) is 3.08. The lowest BCUT2D eigenvalue weighted by atomic mass is 9.95. The Morgan fingerprint density at radius 3 is 2.50 bits per heavy atom. The maximum atomic E-state index is 13.0. The van der Waals surface area contributed by atoms with Crippen LogP contribution in [0.3, 0.4) is 0 Å². The summed E-state index contributed by atoms with van der Waals surface area (Å²) in [5.74, 6) is -1.13. The lowest BCUT2D eigenvalue weighted by Gasteiger charge is -2.29. The van der Waals surface area contributed by atoms with Gasteiger partial charge in [-0.1, -0.05) is 37.6 Å². The van der Waals surface area contributed by atoms with Gasteiger partial charge in [-0.15, -0.1) is 0 Å². The second kappa shape index (κ2) is 8.74. The van der Waals surface area contributed by atoms with Gasteiger partial charge in [-0.05, 0) is 53.8 Å². The zero-order valence-electron chi connectivity index (χ0n) is 17.9. The molecule has 2 aliphatic rings. The quantitative estimate of drug-likeness (QED) is 0.679. The Morgan fingerprint density at radius 2 is 1.84 bits per heavy atom. The number of rotatable bonds is 5. The second-order valence-electron chi connectivity index (χ2n) is 8.52. The van der Waals surface area contributed by atoms with Gasteiger partial charge in [0, 0.05) is 29.1 Å². The average molecular weight is 454 g/mol. The first-order valence-electron chi connectivity index (χ1n) is 10.6. The normalized spacial score (nSPS) is 19.1. The standard InChI is InChI=1S/C24H24ClN3O4/c1-13(2)21(14-3-6-17(25)7-4-14)27-22(30)15-5-8-18-16(11-15)12-28(24(18)32)19-9-10-20(29)26-23(19)31/h3-8,11,13,19,21H,9-10,12H2,1-2H3,(H,27,30)(H,26,29,31)/t19?,21-/m0/s1. The fourth-order valence-corrected chi connectivity index (χ4v) is 4.37. The smallest absolute Gasteiger partial charge is 0.255 e. The number of nitrogens with one attached hydrogen (secondary N) is 2. The Hall–Kier alpha value is -3.19. The van der Waals surface area contributed by atoms with Crippen LogP contribution in [0.15, 0.2) is 42.5 Å². The van der Waals surface area contributed by atoms with Crippen molar-refractivity contribution in [3.05, 3.63) is 69.7 Å². The van der Waals surface area contributed by atoms with Crippen LogP contribution in [-0.2, 0) is 16.1 Å². The van der Waals surface area contributed by atoms with Gasteiger partial charge in [0.1, 0.15) is 6.04 Å². The summed E-state index contributed by atoms with van der Waals surface area (Å²) in [6, 6.07) is 11.5. The first kappa shape index (κ1) is 22.0. The predicted octanol–water partition coefficient (Wildman–Crippen LogP) is 3.23. The molecule has 0 radical (unpaired) electrons. The zero-order chi connectivity index (χ0) is 23.0. The van der Waals surface area contributed by atoms with Gasteiger partial charge in [0.05, 0.1) is 6.04 Å². The SMILES string of the molecule is CC(C)[C@H](NC(=O)c1ccc2c(c1)CN(C1CCC(=O)NC1=O)C2=O)c1ccc(Cl)cc1. The Labute approximate surface area is 191 Å². The van der Waals surface area contributed by atoms with Crippen LogP contribution in [0.4, 0.5) is 0 Å². The fraction of sp³-hybridized carbons (Fsp3) is 0.333. The highest BCUT2D eigenvalue weighted by atomic mass is 35.5. The molecule has 1 unspecified atom stereocenters. The lowest BCUT2D eigenvalue weighted by Crippen LogP contribution is -2.52. The molecule has 0 saturated carbocycles. The molecule has 7 nitrogen and oxygen atoms in total. The van der Waals surface area contributed by atoms with Crippen LogP contribution in [0.2, 0.25) is 5.02 Å². The van der Waals surface area contributed by atoms with E-state index in [0.717, 1.165) is 5.56 Å². The van der Waals surface area contributed by atoms with E-state index in [1.807, 2.05) is 26.0 Å². The number of hydrogen-bond acceptors (Lipinski definition) is 4. The van der Waals surface area contributed by atoms with Crippen LogP contribution in [-0.4, -0.2) is 34.6 Å². The third kappa shape index (κ3) is 4.25. The van der Waals surface area contributed by atoms with Crippen molar-refractivity contribution >= 4 is 35.2 Å². The van der Waals surface area contributed by atoms with Gasteiger partial charge in [-0.25, -0.2) is 0 Å². The summed E-state index contributed by atoms with van der Waals surface area (Å²) in [6.07, 6.45) is 0.500. The zero-order valence-corrected chi connectivity index (χ0v) is 18.6. The minimum absolute atomic E-state index is 0.152. The van der Waals surface area contributed by atoms with Crippen molar-refractivity contribution in [2.45, 2.75) is 45.3 Å². The summed E-state index contributed by atoms with van der Waals surface area (Å²) < 4.78 is 0. The minimum atomic E-state index is -0.680. The molecule has 2 aliphatic heterocycles. The summed E-state index contributed by atoms with van der Waals surface area (Å²) in [4.78, 5) is 50.9. The summed E-state index contributed by atoms with van der Waals surface area (Å²) in [5.41, 5.74) is 2.57. The summed E-state index contributed by atoms with van der Waals surface area (Å²) in [7, 11) is 0. The van der Waals surface area contributed by atoms with E-state index in [9.17, 15) is 19.2 Å². The number of halogens is 1. The van der Waals surface area contributed by atoms with Crippen LogP contribution < -0.4 is 10.6 Å². The molecule has 0 bridgehead atoms. The van der Waals surface area contributed by atoms with Gasteiger partial charge < -0.3 is 10.2 Å². The number of piperidine rings is 1. The van der Waals surface area contributed by atoms with Crippen molar-refractivity contribution in [1.29, 1.82) is 0 Å². The predicted molar refractivity (Wildman–Crippen MR) is 119 cm³/mol. The number of hydrogen-bond donors (Lipinski definition) is 2. The molecule has 2 atom stereocenters. The first-order chi connectivity index (χ1) is 15.2. The van der Waals surface area contributed by atoms with Crippen LogP contribution >= 0.6 is 11.6 Å². The largest absolute Gasteiger partial charge is 0.345 e. The number of benzene rings is 2. The van der Waals surface area contributed by atoms with Crippen LogP contribution in [0.1, 0.15) is 64.6 Å². The van der Waals surface area contributed by atoms with E-state index in [1.165, 1.54) is 4.90 Å². The molecule has 4 amide bonds. The van der Waals surface area contributed by atoms with Gasteiger partial charge >= 0.3 is 0 Å². The van der Waals surface area contributed by atoms with Crippen molar-refractivity contribution in [3.8, 4) is 0 Å². The van der Waals surface area contributed by atoms with E-state index in [1.54, 1.807) is 30.3 Å².